The van der Waals surface area contributed by atoms with Crippen LogP contribution in [0.15, 0.2) is 42.5 Å². The first-order valence-electron chi connectivity index (χ1n) is 6.86. The van der Waals surface area contributed by atoms with E-state index in [0.29, 0.717) is 5.02 Å². The maximum atomic E-state index is 9.61. The predicted molar refractivity (Wildman–Crippen MR) is 90.4 cm³/mol. The molecule has 0 spiro atoms. The van der Waals surface area contributed by atoms with Gasteiger partial charge in [-0.1, -0.05) is 41.4 Å². The van der Waals surface area contributed by atoms with E-state index in [1.165, 1.54) is 0 Å². The van der Waals surface area contributed by atoms with Crippen LogP contribution in [-0.4, -0.2) is 12.2 Å². The molecule has 1 unspecified atom stereocenters. The summed E-state index contributed by atoms with van der Waals surface area (Å²) in [5.41, 5.74) is 2.91. The Morgan fingerprint density at radius 1 is 0.952 bits per heavy atom. The third-order valence-electron chi connectivity index (χ3n) is 3.77. The standard InChI is InChI=1S/C17H19Cl2NO/c1-11(13-4-7-15(18)8-5-13)20(3)17-9-6-14(12(2)21)10-16(17)19/h4-12,21H,1-3H3/t11?,12-/m0/s1. The van der Waals surface area contributed by atoms with Gasteiger partial charge >= 0.3 is 0 Å². The van der Waals surface area contributed by atoms with Crippen LogP contribution in [0.25, 0.3) is 0 Å². The molecule has 2 atom stereocenters. The van der Waals surface area contributed by atoms with Crippen LogP contribution in [-0.2, 0) is 0 Å². The van der Waals surface area contributed by atoms with Crippen LogP contribution in [0.2, 0.25) is 10.0 Å². The van der Waals surface area contributed by atoms with Crippen LogP contribution in [0.5, 0.6) is 0 Å². The first-order chi connectivity index (χ1) is 9.90. The maximum Gasteiger partial charge on any atom is 0.0762 e. The average Bonchev–Trinajstić information content (AvgIpc) is 2.46. The SMILES string of the molecule is CC(c1ccc(Cl)cc1)N(C)c1ccc([C@H](C)O)cc1Cl. The molecular formula is C17H19Cl2NO. The second kappa shape index (κ2) is 6.69. The molecule has 112 valence electrons. The molecule has 0 aromatic heterocycles. The number of aliphatic hydroxyl groups excluding tert-OH is 1. The van der Waals surface area contributed by atoms with Crippen molar-refractivity contribution in [3.8, 4) is 0 Å². The molecule has 2 nitrogen and oxygen atoms in total. The third-order valence-corrected chi connectivity index (χ3v) is 4.32. The zero-order chi connectivity index (χ0) is 15.6. The normalized spacial score (nSPS) is 13.8. The fourth-order valence-corrected chi connectivity index (χ4v) is 2.69. The number of aliphatic hydroxyl groups is 1. The molecule has 0 aliphatic rings. The van der Waals surface area contributed by atoms with Crippen molar-refractivity contribution in [2.24, 2.45) is 0 Å². The van der Waals surface area contributed by atoms with Crippen LogP contribution in [0.4, 0.5) is 5.69 Å². The van der Waals surface area contributed by atoms with Crippen molar-refractivity contribution in [2.45, 2.75) is 26.0 Å². The van der Waals surface area contributed by atoms with E-state index in [2.05, 4.69) is 11.8 Å². The molecule has 0 amide bonds. The Hall–Kier alpha value is -1.22. The highest BCUT2D eigenvalue weighted by Crippen LogP contribution is 2.33. The van der Waals surface area contributed by atoms with E-state index in [1.807, 2.05) is 49.5 Å². The number of rotatable bonds is 4. The molecule has 0 saturated carbocycles. The van der Waals surface area contributed by atoms with Gasteiger partial charge in [0.05, 0.1) is 22.9 Å². The van der Waals surface area contributed by atoms with Crippen molar-refractivity contribution in [1.29, 1.82) is 0 Å². The van der Waals surface area contributed by atoms with Gasteiger partial charge in [0.1, 0.15) is 0 Å². The van der Waals surface area contributed by atoms with E-state index in [-0.39, 0.29) is 6.04 Å². The van der Waals surface area contributed by atoms with E-state index in [0.717, 1.165) is 21.8 Å². The second-order valence-electron chi connectivity index (χ2n) is 5.23. The molecule has 2 rings (SSSR count). The first-order valence-corrected chi connectivity index (χ1v) is 7.61. The van der Waals surface area contributed by atoms with Gasteiger partial charge in [0.2, 0.25) is 0 Å². The number of benzene rings is 2. The van der Waals surface area contributed by atoms with Gasteiger partial charge in [-0.2, -0.15) is 0 Å². The topological polar surface area (TPSA) is 23.5 Å². The van der Waals surface area contributed by atoms with Crippen LogP contribution in [0.3, 0.4) is 0 Å². The van der Waals surface area contributed by atoms with Gasteiger partial charge in [-0.25, -0.2) is 0 Å². The molecule has 1 N–H and O–H groups in total. The number of hydrogen-bond donors (Lipinski definition) is 1. The Morgan fingerprint density at radius 2 is 1.52 bits per heavy atom. The Balaban J connectivity index is 2.26. The molecule has 0 saturated heterocycles. The van der Waals surface area contributed by atoms with Crippen molar-refractivity contribution >= 4 is 28.9 Å². The minimum atomic E-state index is -0.518. The fraction of sp³-hybridized carbons (Fsp3) is 0.294. The molecule has 0 aliphatic carbocycles. The Morgan fingerprint density at radius 3 is 2.05 bits per heavy atom. The van der Waals surface area contributed by atoms with E-state index in [4.69, 9.17) is 23.2 Å². The molecular weight excluding hydrogens is 305 g/mol. The Kier molecular flexibility index (Phi) is 5.15. The fourth-order valence-electron chi connectivity index (χ4n) is 2.24. The molecule has 0 aliphatic heterocycles. The zero-order valence-electron chi connectivity index (χ0n) is 12.3. The molecule has 0 radical (unpaired) electrons. The smallest absolute Gasteiger partial charge is 0.0762 e. The molecule has 0 bridgehead atoms. The van der Waals surface area contributed by atoms with Gasteiger partial charge in [-0.15, -0.1) is 0 Å². The maximum absolute atomic E-state index is 9.61. The molecule has 2 aromatic carbocycles. The van der Waals surface area contributed by atoms with Gasteiger partial charge in [0.15, 0.2) is 0 Å². The zero-order valence-corrected chi connectivity index (χ0v) is 13.9. The highest BCUT2D eigenvalue weighted by atomic mass is 35.5. The van der Waals surface area contributed by atoms with Gasteiger partial charge in [-0.3, -0.25) is 0 Å². The van der Waals surface area contributed by atoms with Gasteiger partial charge in [0, 0.05) is 12.1 Å². The predicted octanol–water partition coefficient (Wildman–Crippen LogP) is 5.24. The van der Waals surface area contributed by atoms with Gasteiger partial charge in [-0.05, 0) is 49.2 Å². The lowest BCUT2D eigenvalue weighted by atomic mass is 10.1. The monoisotopic (exact) mass is 323 g/mol. The van der Waals surface area contributed by atoms with Crippen molar-refractivity contribution in [3.05, 3.63) is 63.6 Å². The summed E-state index contributed by atoms with van der Waals surface area (Å²) in [7, 11) is 2.00. The van der Waals surface area contributed by atoms with Crippen molar-refractivity contribution < 1.29 is 5.11 Å². The van der Waals surface area contributed by atoms with Crippen LogP contribution in [0, 0.1) is 0 Å². The summed E-state index contributed by atoms with van der Waals surface area (Å²) < 4.78 is 0. The molecule has 0 fully saturated rings. The highest BCUT2D eigenvalue weighted by Gasteiger charge is 2.15. The summed E-state index contributed by atoms with van der Waals surface area (Å²) in [6, 6.07) is 13.6. The summed E-state index contributed by atoms with van der Waals surface area (Å²) in [5.74, 6) is 0. The molecule has 2 aromatic rings. The number of anilines is 1. The summed E-state index contributed by atoms with van der Waals surface area (Å²) in [4.78, 5) is 2.11. The number of halogens is 2. The molecule has 0 heterocycles. The number of hydrogen-bond acceptors (Lipinski definition) is 2. The van der Waals surface area contributed by atoms with Crippen molar-refractivity contribution in [1.82, 2.24) is 0 Å². The molecule has 21 heavy (non-hydrogen) atoms. The minimum Gasteiger partial charge on any atom is -0.389 e. The molecule has 4 heteroatoms. The first kappa shape index (κ1) is 16.2. The Bertz CT molecular complexity index is 611. The lowest BCUT2D eigenvalue weighted by Crippen LogP contribution is -2.22. The van der Waals surface area contributed by atoms with E-state index in [9.17, 15) is 5.11 Å². The summed E-state index contributed by atoms with van der Waals surface area (Å²) >= 11 is 12.3. The largest absolute Gasteiger partial charge is 0.389 e. The van der Waals surface area contributed by atoms with Crippen molar-refractivity contribution in [2.75, 3.05) is 11.9 Å². The third kappa shape index (κ3) is 3.70. The minimum absolute atomic E-state index is 0.164. The quantitative estimate of drug-likeness (QED) is 0.831. The highest BCUT2D eigenvalue weighted by molar-refractivity contribution is 6.33. The van der Waals surface area contributed by atoms with E-state index in [1.54, 1.807) is 6.92 Å². The second-order valence-corrected chi connectivity index (χ2v) is 6.07. The average molecular weight is 324 g/mol. The van der Waals surface area contributed by atoms with E-state index >= 15 is 0 Å². The lowest BCUT2D eigenvalue weighted by molar-refractivity contribution is 0.199. The van der Waals surface area contributed by atoms with Gasteiger partial charge < -0.3 is 10.0 Å². The van der Waals surface area contributed by atoms with Crippen LogP contribution in [0.1, 0.15) is 37.1 Å². The van der Waals surface area contributed by atoms with E-state index < -0.39 is 6.10 Å². The summed E-state index contributed by atoms with van der Waals surface area (Å²) in [5, 5.41) is 11.0. The summed E-state index contributed by atoms with van der Waals surface area (Å²) in [6.07, 6.45) is -0.518. The van der Waals surface area contributed by atoms with Crippen LogP contribution >= 0.6 is 23.2 Å². The van der Waals surface area contributed by atoms with Gasteiger partial charge in [0.25, 0.3) is 0 Å². The summed E-state index contributed by atoms with van der Waals surface area (Å²) in [6.45, 7) is 3.84. The number of nitrogens with zero attached hydrogens (tertiary/aromatic N) is 1. The Labute approximate surface area is 135 Å². The van der Waals surface area contributed by atoms with Crippen molar-refractivity contribution in [3.63, 3.8) is 0 Å². The van der Waals surface area contributed by atoms with Crippen LogP contribution < -0.4 is 4.90 Å². The lowest BCUT2D eigenvalue weighted by Gasteiger charge is -2.28.